The molecule has 1 N–H and O–H groups in total. The van der Waals surface area contributed by atoms with Crippen molar-refractivity contribution in [1.82, 2.24) is 5.32 Å². The number of hydrogen-bond acceptors (Lipinski definition) is 3. The monoisotopic (exact) mass is 253 g/mol. The maximum absolute atomic E-state index is 11.5. The van der Waals surface area contributed by atoms with Gasteiger partial charge in [0, 0.05) is 11.4 Å². The van der Waals surface area contributed by atoms with Gasteiger partial charge in [0.15, 0.2) is 0 Å². The lowest BCUT2D eigenvalue weighted by Crippen LogP contribution is -2.28. The van der Waals surface area contributed by atoms with Gasteiger partial charge >= 0.3 is 0 Å². The average molecular weight is 253 g/mol. The van der Waals surface area contributed by atoms with Crippen LogP contribution in [0.25, 0.3) is 0 Å². The molecule has 0 saturated carbocycles. The third-order valence-electron chi connectivity index (χ3n) is 1.86. The van der Waals surface area contributed by atoms with Crippen molar-refractivity contribution in [2.45, 2.75) is 31.3 Å². The highest BCUT2D eigenvalue weighted by Gasteiger charge is 2.09. The van der Waals surface area contributed by atoms with E-state index < -0.39 is 0 Å². The molecule has 0 radical (unpaired) electrons. The van der Waals surface area contributed by atoms with Gasteiger partial charge in [-0.25, -0.2) is 0 Å². The van der Waals surface area contributed by atoms with Crippen LogP contribution in [0.15, 0.2) is 35.2 Å². The maximum atomic E-state index is 11.5. The summed E-state index contributed by atoms with van der Waals surface area (Å²) in [6, 6.07) is 9.58. The average Bonchev–Trinajstić information content (AvgIpc) is 2.25. The first kappa shape index (κ1) is 14.1. The van der Waals surface area contributed by atoms with Crippen LogP contribution in [-0.2, 0) is 4.74 Å². The minimum Gasteiger partial charge on any atom is -0.374 e. The van der Waals surface area contributed by atoms with Crippen molar-refractivity contribution in [3.05, 3.63) is 30.3 Å². The molecule has 0 saturated heterocycles. The second-order valence-electron chi connectivity index (χ2n) is 4.59. The zero-order chi connectivity index (χ0) is 12.7. The van der Waals surface area contributed by atoms with Crippen LogP contribution in [0.4, 0.5) is 4.79 Å². The second kappa shape index (κ2) is 6.67. The Hall–Kier alpha value is -1.00. The van der Waals surface area contributed by atoms with E-state index in [1.54, 1.807) is 0 Å². The van der Waals surface area contributed by atoms with Crippen molar-refractivity contribution in [2.24, 2.45) is 0 Å². The molecule has 0 heterocycles. The van der Waals surface area contributed by atoms with Crippen molar-refractivity contribution in [1.29, 1.82) is 0 Å². The van der Waals surface area contributed by atoms with Crippen LogP contribution in [0.3, 0.4) is 0 Å². The fraction of sp³-hybridized carbons (Fsp3) is 0.462. The number of benzene rings is 1. The van der Waals surface area contributed by atoms with E-state index in [2.05, 4.69) is 5.32 Å². The van der Waals surface area contributed by atoms with Crippen molar-refractivity contribution in [3.8, 4) is 0 Å². The molecule has 0 fully saturated rings. The molecule has 1 aromatic rings. The second-order valence-corrected chi connectivity index (χ2v) is 5.64. The first-order valence-electron chi connectivity index (χ1n) is 5.62. The van der Waals surface area contributed by atoms with Crippen molar-refractivity contribution in [3.63, 3.8) is 0 Å². The molecule has 1 rings (SSSR count). The lowest BCUT2D eigenvalue weighted by molar-refractivity contribution is 0.000240. The summed E-state index contributed by atoms with van der Waals surface area (Å²) in [4.78, 5) is 12.5. The fourth-order valence-corrected chi connectivity index (χ4v) is 1.82. The Labute approximate surface area is 107 Å². The van der Waals surface area contributed by atoms with Gasteiger partial charge in [-0.2, -0.15) is 0 Å². The van der Waals surface area contributed by atoms with Crippen LogP contribution in [0, 0.1) is 0 Å². The smallest absolute Gasteiger partial charge is 0.283 e. The summed E-state index contributed by atoms with van der Waals surface area (Å²) < 4.78 is 5.51. The first-order chi connectivity index (χ1) is 7.97. The van der Waals surface area contributed by atoms with E-state index in [1.165, 1.54) is 11.8 Å². The van der Waals surface area contributed by atoms with Gasteiger partial charge in [0.25, 0.3) is 5.24 Å². The molecule has 0 aliphatic rings. The Morgan fingerprint density at radius 3 is 2.53 bits per heavy atom. The fourth-order valence-electron chi connectivity index (χ4n) is 1.14. The number of hydrogen-bond donors (Lipinski definition) is 1. The summed E-state index contributed by atoms with van der Waals surface area (Å²) in [5, 5.41) is 2.76. The molecule has 17 heavy (non-hydrogen) atoms. The molecule has 0 spiro atoms. The molecule has 0 bridgehead atoms. The summed E-state index contributed by atoms with van der Waals surface area (Å²) in [6.07, 6.45) is 0. The number of nitrogens with one attached hydrogen (secondary N) is 1. The quantitative estimate of drug-likeness (QED) is 0.661. The van der Waals surface area contributed by atoms with Crippen LogP contribution >= 0.6 is 11.8 Å². The maximum Gasteiger partial charge on any atom is 0.283 e. The van der Waals surface area contributed by atoms with E-state index in [9.17, 15) is 4.79 Å². The molecule has 94 valence electrons. The van der Waals surface area contributed by atoms with Crippen LogP contribution in [-0.4, -0.2) is 24.0 Å². The molecule has 1 amide bonds. The van der Waals surface area contributed by atoms with Crippen LogP contribution in [0.1, 0.15) is 20.8 Å². The van der Waals surface area contributed by atoms with E-state index in [0.29, 0.717) is 13.2 Å². The highest BCUT2D eigenvalue weighted by molar-refractivity contribution is 8.13. The summed E-state index contributed by atoms with van der Waals surface area (Å²) in [5.41, 5.74) is -0.155. The molecule has 3 nitrogen and oxygen atoms in total. The molecule has 0 aromatic heterocycles. The van der Waals surface area contributed by atoms with Gasteiger partial charge < -0.3 is 10.1 Å². The third kappa shape index (κ3) is 7.02. The predicted octanol–water partition coefficient (Wildman–Crippen LogP) is 3.30. The van der Waals surface area contributed by atoms with E-state index in [0.717, 1.165) is 4.90 Å². The summed E-state index contributed by atoms with van der Waals surface area (Å²) in [7, 11) is 0. The largest absolute Gasteiger partial charge is 0.374 e. The lowest BCUT2D eigenvalue weighted by atomic mass is 10.2. The van der Waals surface area contributed by atoms with E-state index in [1.807, 2.05) is 51.1 Å². The first-order valence-corrected chi connectivity index (χ1v) is 6.44. The van der Waals surface area contributed by atoms with Gasteiger partial charge in [0.1, 0.15) is 0 Å². The zero-order valence-corrected chi connectivity index (χ0v) is 11.3. The van der Waals surface area contributed by atoms with Gasteiger partial charge in [0.05, 0.1) is 12.2 Å². The number of ether oxygens (including phenoxy) is 1. The SMILES string of the molecule is CC(C)(C)OCCNC(=O)Sc1ccccc1. The summed E-state index contributed by atoms with van der Waals surface area (Å²) in [6.45, 7) is 7.05. The van der Waals surface area contributed by atoms with Gasteiger partial charge in [-0.3, -0.25) is 4.79 Å². The normalized spacial score (nSPS) is 11.2. The molecule has 1 aromatic carbocycles. The Balaban J connectivity index is 2.18. The van der Waals surface area contributed by atoms with Crippen LogP contribution in [0.5, 0.6) is 0 Å². The molecule has 4 heteroatoms. The number of rotatable bonds is 4. The highest BCUT2D eigenvalue weighted by atomic mass is 32.2. The minimum atomic E-state index is -0.155. The topological polar surface area (TPSA) is 38.3 Å². The van der Waals surface area contributed by atoms with Crippen molar-refractivity contribution in [2.75, 3.05) is 13.2 Å². The Bertz CT molecular complexity index is 346. The van der Waals surface area contributed by atoms with Crippen LogP contribution < -0.4 is 5.32 Å². The van der Waals surface area contributed by atoms with E-state index in [-0.39, 0.29) is 10.8 Å². The highest BCUT2D eigenvalue weighted by Crippen LogP contribution is 2.17. The number of amides is 1. The van der Waals surface area contributed by atoms with Gasteiger partial charge in [-0.05, 0) is 44.7 Å². The molecule has 0 unspecified atom stereocenters. The Kier molecular flexibility index (Phi) is 5.51. The zero-order valence-electron chi connectivity index (χ0n) is 10.5. The molecular weight excluding hydrogens is 234 g/mol. The van der Waals surface area contributed by atoms with Gasteiger partial charge in [0.2, 0.25) is 0 Å². The van der Waals surface area contributed by atoms with E-state index in [4.69, 9.17) is 4.74 Å². The Morgan fingerprint density at radius 1 is 1.29 bits per heavy atom. The molecule has 0 aliphatic carbocycles. The summed E-state index contributed by atoms with van der Waals surface area (Å²) in [5.74, 6) is 0. The lowest BCUT2D eigenvalue weighted by Gasteiger charge is -2.19. The molecular formula is C13H19NO2S. The summed E-state index contributed by atoms with van der Waals surface area (Å²) >= 11 is 1.20. The Morgan fingerprint density at radius 2 is 1.94 bits per heavy atom. The van der Waals surface area contributed by atoms with Gasteiger partial charge in [-0.15, -0.1) is 0 Å². The van der Waals surface area contributed by atoms with E-state index >= 15 is 0 Å². The van der Waals surface area contributed by atoms with Gasteiger partial charge in [-0.1, -0.05) is 18.2 Å². The predicted molar refractivity (Wildman–Crippen MR) is 71.4 cm³/mol. The third-order valence-corrected chi connectivity index (χ3v) is 2.70. The van der Waals surface area contributed by atoms with Crippen molar-refractivity contribution < 1.29 is 9.53 Å². The molecule has 0 aliphatic heterocycles. The number of carbonyl (C=O) groups excluding carboxylic acids is 1. The molecule has 0 atom stereocenters. The number of thioether (sulfide) groups is 1. The van der Waals surface area contributed by atoms with Crippen molar-refractivity contribution >= 4 is 17.0 Å². The standard InChI is InChI=1S/C13H19NO2S/c1-13(2,3)16-10-9-14-12(15)17-11-7-5-4-6-8-11/h4-8H,9-10H2,1-3H3,(H,14,15). The number of carbonyl (C=O) groups is 1. The van der Waals surface area contributed by atoms with Crippen LogP contribution in [0.2, 0.25) is 0 Å². The minimum absolute atomic E-state index is 0.0475.